The van der Waals surface area contributed by atoms with Crippen LogP contribution in [0.4, 0.5) is 11.5 Å². The van der Waals surface area contributed by atoms with Gasteiger partial charge >= 0.3 is 0 Å². The molecule has 0 unspecified atom stereocenters. The highest BCUT2D eigenvalue weighted by Crippen LogP contribution is 2.32. The van der Waals surface area contributed by atoms with Crippen molar-refractivity contribution in [3.63, 3.8) is 0 Å². The molecule has 0 aliphatic rings. The summed E-state index contributed by atoms with van der Waals surface area (Å²) >= 11 is 18.2. The second kappa shape index (κ2) is 9.07. The Morgan fingerprint density at radius 3 is 2.47 bits per heavy atom. The van der Waals surface area contributed by atoms with Crippen LogP contribution in [0.2, 0.25) is 15.1 Å². The molecule has 2 aromatic heterocycles. The number of nitrogens with zero attached hydrogens (tertiary/aromatic N) is 3. The molecule has 0 aliphatic carbocycles. The van der Waals surface area contributed by atoms with E-state index >= 15 is 0 Å². The van der Waals surface area contributed by atoms with Crippen LogP contribution in [-0.4, -0.2) is 28.7 Å². The summed E-state index contributed by atoms with van der Waals surface area (Å²) in [6, 6.07) is 8.28. The van der Waals surface area contributed by atoms with Gasteiger partial charge in [-0.2, -0.15) is 0 Å². The third-order valence-electron chi connectivity index (χ3n) is 5.10. The van der Waals surface area contributed by atoms with Crippen LogP contribution in [0.5, 0.6) is 0 Å². The molecule has 4 rings (SSSR count). The smallest absolute Gasteiger partial charge is 0.263 e. The number of nitrogens with two attached hydrogens (primary N) is 1. The number of aromatic nitrogens is 3. The predicted molar refractivity (Wildman–Crippen MR) is 134 cm³/mol. The van der Waals surface area contributed by atoms with E-state index in [1.54, 1.807) is 6.20 Å². The van der Waals surface area contributed by atoms with Crippen molar-refractivity contribution in [1.29, 1.82) is 0 Å². The summed E-state index contributed by atoms with van der Waals surface area (Å²) in [5.41, 5.74) is 7.08. The number of anilines is 2. The standard InChI is InChI=1S/C22H18Cl3N5O3S/c1-11(2)30-9-14(19-21(26)27-10-28-22(19)30)20(31)12-3-5-15(24)17(7-12)29-34(32,33)18-6-4-13(23)8-16(18)25/h3-11,29H,1-2H3,(H2,26,27,28). The van der Waals surface area contributed by atoms with Crippen molar-refractivity contribution in [3.05, 3.63) is 75.1 Å². The van der Waals surface area contributed by atoms with Crippen LogP contribution >= 0.6 is 34.8 Å². The van der Waals surface area contributed by atoms with Gasteiger partial charge in [-0.25, -0.2) is 18.4 Å². The van der Waals surface area contributed by atoms with Gasteiger partial charge in [-0.3, -0.25) is 9.52 Å². The number of carbonyl (C=O) groups excluding carboxylic acids is 1. The number of halogens is 3. The molecule has 0 saturated carbocycles. The minimum atomic E-state index is -4.12. The number of hydrogen-bond donors (Lipinski definition) is 2. The zero-order chi connectivity index (χ0) is 24.8. The molecule has 2 aromatic carbocycles. The van der Waals surface area contributed by atoms with E-state index in [2.05, 4.69) is 14.7 Å². The Balaban J connectivity index is 1.77. The number of carbonyl (C=O) groups is 1. The first-order chi connectivity index (χ1) is 16.0. The summed E-state index contributed by atoms with van der Waals surface area (Å²) in [7, 11) is -4.12. The van der Waals surface area contributed by atoms with E-state index < -0.39 is 15.8 Å². The zero-order valence-corrected chi connectivity index (χ0v) is 21.0. The third-order valence-corrected chi connectivity index (χ3v) is 7.51. The number of ketones is 1. The summed E-state index contributed by atoms with van der Waals surface area (Å²) < 4.78 is 30.0. The van der Waals surface area contributed by atoms with Gasteiger partial charge in [0.1, 0.15) is 22.7 Å². The molecule has 3 N–H and O–H groups in total. The number of nitrogens with one attached hydrogen (secondary N) is 1. The second-order valence-electron chi connectivity index (χ2n) is 7.71. The van der Waals surface area contributed by atoms with E-state index in [1.165, 1.54) is 42.7 Å². The van der Waals surface area contributed by atoms with Gasteiger partial charge < -0.3 is 10.3 Å². The van der Waals surface area contributed by atoms with E-state index in [9.17, 15) is 13.2 Å². The van der Waals surface area contributed by atoms with E-state index in [-0.39, 0.29) is 38.1 Å². The fraction of sp³-hybridized carbons (Fsp3) is 0.136. The number of nitrogen functional groups attached to an aromatic ring is 1. The lowest BCUT2D eigenvalue weighted by Crippen LogP contribution is -2.14. The van der Waals surface area contributed by atoms with Crippen LogP contribution in [-0.2, 0) is 10.0 Å². The molecule has 0 radical (unpaired) electrons. The van der Waals surface area contributed by atoms with Gasteiger partial charge in [-0.15, -0.1) is 0 Å². The quantitative estimate of drug-likeness (QED) is 0.309. The minimum Gasteiger partial charge on any atom is -0.383 e. The maximum atomic E-state index is 13.5. The summed E-state index contributed by atoms with van der Waals surface area (Å²) in [6.45, 7) is 3.89. The first kappa shape index (κ1) is 24.3. The first-order valence-electron chi connectivity index (χ1n) is 9.92. The van der Waals surface area contributed by atoms with Crippen LogP contribution < -0.4 is 10.5 Å². The summed E-state index contributed by atoms with van der Waals surface area (Å²) in [5.74, 6) is -0.229. The largest absolute Gasteiger partial charge is 0.383 e. The number of rotatable bonds is 6. The monoisotopic (exact) mass is 537 g/mol. The molecule has 0 aliphatic heterocycles. The molecular formula is C22H18Cl3N5O3S. The second-order valence-corrected chi connectivity index (χ2v) is 10.6. The highest BCUT2D eigenvalue weighted by Gasteiger charge is 2.24. The van der Waals surface area contributed by atoms with Crippen molar-refractivity contribution in [2.75, 3.05) is 10.5 Å². The summed E-state index contributed by atoms with van der Waals surface area (Å²) in [4.78, 5) is 21.6. The van der Waals surface area contributed by atoms with Gasteiger partial charge in [0.2, 0.25) is 0 Å². The molecule has 0 saturated heterocycles. The van der Waals surface area contributed by atoms with E-state index in [0.717, 1.165) is 0 Å². The van der Waals surface area contributed by atoms with Crippen molar-refractivity contribution < 1.29 is 13.2 Å². The Bertz CT molecular complexity index is 1550. The van der Waals surface area contributed by atoms with Crippen LogP contribution in [0.15, 0.2) is 53.8 Å². The zero-order valence-electron chi connectivity index (χ0n) is 17.9. The van der Waals surface area contributed by atoms with Gasteiger partial charge in [0.05, 0.1) is 26.7 Å². The Morgan fingerprint density at radius 2 is 1.79 bits per heavy atom. The van der Waals surface area contributed by atoms with Gasteiger partial charge in [0.25, 0.3) is 10.0 Å². The molecule has 0 atom stereocenters. The number of sulfonamides is 1. The van der Waals surface area contributed by atoms with Crippen LogP contribution in [0.1, 0.15) is 35.8 Å². The van der Waals surface area contributed by atoms with Crippen molar-refractivity contribution in [1.82, 2.24) is 14.5 Å². The lowest BCUT2D eigenvalue weighted by atomic mass is 10.0. The predicted octanol–water partition coefficient (Wildman–Crippen LogP) is 5.59. The Hall–Kier alpha value is -2.85. The highest BCUT2D eigenvalue weighted by molar-refractivity contribution is 7.92. The van der Waals surface area contributed by atoms with Crippen LogP contribution in [0.3, 0.4) is 0 Å². The van der Waals surface area contributed by atoms with Crippen molar-refractivity contribution in [2.45, 2.75) is 24.8 Å². The third kappa shape index (κ3) is 4.44. The molecule has 8 nitrogen and oxygen atoms in total. The van der Waals surface area contributed by atoms with Crippen LogP contribution in [0.25, 0.3) is 11.0 Å². The number of hydrogen-bond acceptors (Lipinski definition) is 6. The normalized spacial score (nSPS) is 11.8. The molecule has 0 amide bonds. The average molecular weight is 539 g/mol. The molecule has 176 valence electrons. The molecule has 12 heteroatoms. The summed E-state index contributed by atoms with van der Waals surface area (Å²) in [5, 5.41) is 0.752. The maximum absolute atomic E-state index is 13.5. The summed E-state index contributed by atoms with van der Waals surface area (Å²) in [6.07, 6.45) is 3.00. The topological polar surface area (TPSA) is 120 Å². The van der Waals surface area contributed by atoms with Gasteiger partial charge in [-0.05, 0) is 50.2 Å². The lowest BCUT2D eigenvalue weighted by Gasteiger charge is -2.12. The molecule has 0 bridgehead atoms. The Labute approximate surface area is 210 Å². The lowest BCUT2D eigenvalue weighted by molar-refractivity contribution is 0.104. The first-order valence-corrected chi connectivity index (χ1v) is 12.5. The molecule has 2 heterocycles. The Kier molecular flexibility index (Phi) is 6.48. The average Bonchev–Trinajstić information content (AvgIpc) is 3.15. The maximum Gasteiger partial charge on any atom is 0.263 e. The van der Waals surface area contributed by atoms with Gasteiger partial charge in [-0.1, -0.05) is 34.8 Å². The van der Waals surface area contributed by atoms with Crippen molar-refractivity contribution in [2.24, 2.45) is 0 Å². The molecule has 0 spiro atoms. The number of fused-ring (bicyclic) bond motifs is 1. The minimum absolute atomic E-state index is 0.00932. The van der Waals surface area contributed by atoms with Gasteiger partial charge in [0, 0.05) is 22.8 Å². The molecular weight excluding hydrogens is 521 g/mol. The van der Waals surface area contributed by atoms with Crippen molar-refractivity contribution >= 4 is 73.1 Å². The fourth-order valence-electron chi connectivity index (χ4n) is 3.47. The van der Waals surface area contributed by atoms with E-state index in [0.29, 0.717) is 21.6 Å². The van der Waals surface area contributed by atoms with E-state index in [4.69, 9.17) is 40.5 Å². The van der Waals surface area contributed by atoms with Gasteiger partial charge in [0.15, 0.2) is 5.78 Å². The SMILES string of the molecule is CC(C)n1cc(C(=O)c2ccc(Cl)c(NS(=O)(=O)c3ccc(Cl)cc3Cl)c2)c2c(N)ncnc21. The highest BCUT2D eigenvalue weighted by atomic mass is 35.5. The van der Waals surface area contributed by atoms with Crippen molar-refractivity contribution in [3.8, 4) is 0 Å². The molecule has 34 heavy (non-hydrogen) atoms. The molecule has 4 aromatic rings. The van der Waals surface area contributed by atoms with Crippen LogP contribution in [0, 0.1) is 0 Å². The molecule has 0 fully saturated rings. The van der Waals surface area contributed by atoms with E-state index in [1.807, 2.05) is 18.4 Å². The number of benzene rings is 2. The Morgan fingerprint density at radius 1 is 1.06 bits per heavy atom. The fourth-order valence-corrected chi connectivity index (χ4v) is 5.53.